The highest BCUT2D eigenvalue weighted by atomic mass is 19.1. The molecule has 0 saturated heterocycles. The topological polar surface area (TPSA) is 106 Å². The van der Waals surface area contributed by atoms with Gasteiger partial charge in [0, 0.05) is 19.0 Å². The van der Waals surface area contributed by atoms with Crippen molar-refractivity contribution >= 4 is 34.4 Å². The monoisotopic (exact) mass is 369 g/mol. The minimum atomic E-state index is -0.997. The minimum Gasteiger partial charge on any atom is -0.449 e. The summed E-state index contributed by atoms with van der Waals surface area (Å²) < 4.78 is 18.8. The molecule has 0 radical (unpaired) electrons. The smallest absolute Gasteiger partial charge is 0.314 e. The normalized spacial score (nSPS) is 10.6. The van der Waals surface area contributed by atoms with Crippen molar-refractivity contribution in [1.29, 1.82) is 0 Å². The van der Waals surface area contributed by atoms with Crippen molar-refractivity contribution in [3.63, 3.8) is 0 Å². The van der Waals surface area contributed by atoms with Gasteiger partial charge in [-0.1, -0.05) is 30.3 Å². The summed E-state index contributed by atoms with van der Waals surface area (Å²) >= 11 is 0. The quantitative estimate of drug-likeness (QED) is 0.688. The fraction of sp³-hybridized carbons (Fsp3) is 0.105. The number of rotatable bonds is 4. The second kappa shape index (κ2) is 7.28. The molecule has 0 aliphatic heterocycles. The van der Waals surface area contributed by atoms with Gasteiger partial charge in [0.2, 0.25) is 5.76 Å². The van der Waals surface area contributed by atoms with Crippen LogP contribution in [-0.4, -0.2) is 29.7 Å². The zero-order valence-corrected chi connectivity index (χ0v) is 14.4. The summed E-state index contributed by atoms with van der Waals surface area (Å²) in [7, 11) is 1.47. The highest BCUT2D eigenvalue weighted by Gasteiger charge is 2.25. The first-order valence-electron chi connectivity index (χ1n) is 7.99. The van der Waals surface area contributed by atoms with Crippen molar-refractivity contribution in [2.75, 3.05) is 12.4 Å². The average Bonchev–Trinajstić information content (AvgIpc) is 3.00. The molecule has 138 valence electrons. The molecule has 0 saturated carbocycles. The number of halogens is 1. The minimum absolute atomic E-state index is 0.135. The van der Waals surface area contributed by atoms with Gasteiger partial charge in [-0.25, -0.2) is 4.39 Å². The van der Waals surface area contributed by atoms with E-state index >= 15 is 0 Å². The average molecular weight is 369 g/mol. The van der Waals surface area contributed by atoms with Gasteiger partial charge in [-0.05, 0) is 23.8 Å². The van der Waals surface area contributed by atoms with Gasteiger partial charge in [-0.15, -0.1) is 0 Å². The van der Waals surface area contributed by atoms with Crippen LogP contribution < -0.4 is 11.1 Å². The maximum Gasteiger partial charge on any atom is 0.314 e. The largest absolute Gasteiger partial charge is 0.449 e. The third kappa shape index (κ3) is 3.79. The first-order valence-corrected chi connectivity index (χ1v) is 7.99. The molecule has 27 heavy (non-hydrogen) atoms. The van der Waals surface area contributed by atoms with Gasteiger partial charge in [0.1, 0.15) is 17.1 Å². The summed E-state index contributed by atoms with van der Waals surface area (Å²) in [6.07, 6.45) is 0. The summed E-state index contributed by atoms with van der Waals surface area (Å²) in [5, 5.41) is 2.45. The molecule has 0 aliphatic rings. The summed E-state index contributed by atoms with van der Waals surface area (Å²) in [6, 6.07) is 12.6. The van der Waals surface area contributed by atoms with Crippen molar-refractivity contribution in [2.24, 2.45) is 5.73 Å². The molecule has 1 heterocycles. The third-order valence-electron chi connectivity index (χ3n) is 3.92. The van der Waals surface area contributed by atoms with Crippen molar-refractivity contribution in [1.82, 2.24) is 4.90 Å². The lowest BCUT2D eigenvalue weighted by molar-refractivity contribution is -0.142. The summed E-state index contributed by atoms with van der Waals surface area (Å²) in [5.41, 5.74) is 6.12. The number of carbonyl (C=O) groups excluding carboxylic acids is 3. The van der Waals surface area contributed by atoms with E-state index in [1.165, 1.54) is 18.0 Å². The Kier molecular flexibility index (Phi) is 4.89. The van der Waals surface area contributed by atoms with Gasteiger partial charge in [-0.2, -0.15) is 0 Å². The van der Waals surface area contributed by atoms with Crippen LogP contribution in [0.1, 0.15) is 16.1 Å². The molecule has 0 aliphatic carbocycles. The Morgan fingerprint density at radius 3 is 2.52 bits per heavy atom. The fourth-order valence-corrected chi connectivity index (χ4v) is 2.64. The first kappa shape index (κ1) is 18.1. The van der Waals surface area contributed by atoms with E-state index in [1.807, 2.05) is 30.3 Å². The van der Waals surface area contributed by atoms with Crippen LogP contribution in [0.5, 0.6) is 0 Å². The van der Waals surface area contributed by atoms with Gasteiger partial charge in [-0.3, -0.25) is 14.4 Å². The Morgan fingerprint density at radius 1 is 1.15 bits per heavy atom. The zero-order valence-electron chi connectivity index (χ0n) is 14.4. The summed E-state index contributed by atoms with van der Waals surface area (Å²) in [4.78, 5) is 37.5. The molecule has 0 unspecified atom stereocenters. The predicted octanol–water partition coefficient (Wildman–Crippen LogP) is 2.27. The van der Waals surface area contributed by atoms with Gasteiger partial charge in [0.25, 0.3) is 5.91 Å². The zero-order chi connectivity index (χ0) is 19.6. The van der Waals surface area contributed by atoms with E-state index in [4.69, 9.17) is 10.2 Å². The number of nitrogens with two attached hydrogens (primary N) is 1. The lowest BCUT2D eigenvalue weighted by Gasteiger charge is -2.16. The Hall–Kier alpha value is -3.68. The van der Waals surface area contributed by atoms with Crippen molar-refractivity contribution in [2.45, 2.75) is 6.54 Å². The molecule has 3 aromatic rings. The van der Waals surface area contributed by atoms with Crippen LogP contribution in [-0.2, 0) is 16.1 Å². The number of furan rings is 1. The molecule has 0 fully saturated rings. The van der Waals surface area contributed by atoms with E-state index in [0.717, 1.165) is 17.7 Å². The van der Waals surface area contributed by atoms with Gasteiger partial charge < -0.3 is 20.4 Å². The van der Waals surface area contributed by atoms with Crippen LogP contribution in [0, 0.1) is 5.82 Å². The van der Waals surface area contributed by atoms with Crippen molar-refractivity contribution in [3.05, 3.63) is 65.7 Å². The fourth-order valence-electron chi connectivity index (χ4n) is 2.64. The van der Waals surface area contributed by atoms with E-state index in [0.29, 0.717) is 0 Å². The number of primary amides is 1. The molecule has 3 N–H and O–H groups in total. The second-order valence-electron chi connectivity index (χ2n) is 5.91. The number of benzene rings is 2. The number of hydrogen-bond acceptors (Lipinski definition) is 4. The molecule has 0 spiro atoms. The standard InChI is InChI=1S/C19H16FN3O4/c1-23(10-11-5-3-2-4-6-11)19(26)18(25)22-15-13-9-12(20)7-8-14(13)27-16(15)17(21)24/h2-9H,10H2,1H3,(H2,21,24)(H,22,25). The van der Waals surface area contributed by atoms with Crippen LogP contribution >= 0.6 is 0 Å². The predicted molar refractivity (Wildman–Crippen MR) is 96.2 cm³/mol. The molecule has 2 aromatic carbocycles. The van der Waals surface area contributed by atoms with Crippen molar-refractivity contribution < 1.29 is 23.2 Å². The number of anilines is 1. The van der Waals surface area contributed by atoms with Crippen LogP contribution in [0.2, 0.25) is 0 Å². The lowest BCUT2D eigenvalue weighted by atomic mass is 10.2. The molecule has 3 rings (SSSR count). The molecule has 0 bridgehead atoms. The number of hydrogen-bond donors (Lipinski definition) is 2. The Morgan fingerprint density at radius 2 is 1.85 bits per heavy atom. The molecule has 7 nitrogen and oxygen atoms in total. The number of nitrogens with one attached hydrogen (secondary N) is 1. The molecule has 0 atom stereocenters. The molecule has 1 aromatic heterocycles. The van der Waals surface area contributed by atoms with E-state index in [9.17, 15) is 18.8 Å². The first-order chi connectivity index (χ1) is 12.9. The summed E-state index contributed by atoms with van der Waals surface area (Å²) in [6.45, 7) is 0.219. The molecular weight excluding hydrogens is 353 g/mol. The number of nitrogens with zero attached hydrogens (tertiary/aromatic N) is 1. The van der Waals surface area contributed by atoms with Crippen LogP contribution in [0.15, 0.2) is 52.9 Å². The SMILES string of the molecule is CN(Cc1ccccc1)C(=O)C(=O)Nc1c(C(N)=O)oc2ccc(F)cc12. The van der Waals surface area contributed by atoms with Gasteiger partial charge in [0.15, 0.2) is 0 Å². The van der Waals surface area contributed by atoms with Crippen LogP contribution in [0.3, 0.4) is 0 Å². The molecular formula is C19H16FN3O4. The molecule has 3 amide bonds. The highest BCUT2D eigenvalue weighted by molar-refractivity contribution is 6.40. The second-order valence-corrected chi connectivity index (χ2v) is 5.91. The van der Waals surface area contributed by atoms with Gasteiger partial charge in [0.05, 0.1) is 0 Å². The van der Waals surface area contributed by atoms with E-state index < -0.39 is 23.5 Å². The lowest BCUT2D eigenvalue weighted by Crippen LogP contribution is -2.37. The Labute approximate surface area is 153 Å². The van der Waals surface area contributed by atoms with E-state index in [1.54, 1.807) is 0 Å². The number of amides is 3. The van der Waals surface area contributed by atoms with E-state index in [-0.39, 0.29) is 29.0 Å². The van der Waals surface area contributed by atoms with Crippen LogP contribution in [0.25, 0.3) is 11.0 Å². The number of fused-ring (bicyclic) bond motifs is 1. The van der Waals surface area contributed by atoms with Crippen LogP contribution in [0.4, 0.5) is 10.1 Å². The Balaban J connectivity index is 1.84. The maximum absolute atomic E-state index is 13.5. The number of likely N-dealkylation sites (N-methyl/N-ethyl adjacent to an activating group) is 1. The maximum atomic E-state index is 13.5. The van der Waals surface area contributed by atoms with Gasteiger partial charge >= 0.3 is 11.8 Å². The summed E-state index contributed by atoms with van der Waals surface area (Å²) in [5.74, 6) is -3.74. The Bertz CT molecular complexity index is 1030. The van der Waals surface area contributed by atoms with Crippen molar-refractivity contribution in [3.8, 4) is 0 Å². The highest BCUT2D eigenvalue weighted by Crippen LogP contribution is 2.31. The third-order valence-corrected chi connectivity index (χ3v) is 3.92. The molecule has 8 heteroatoms. The van der Waals surface area contributed by atoms with E-state index in [2.05, 4.69) is 5.32 Å². The number of carbonyl (C=O) groups is 3.